The van der Waals surface area contributed by atoms with Crippen LogP contribution in [0.25, 0.3) is 0 Å². The van der Waals surface area contributed by atoms with Crippen LogP contribution in [-0.2, 0) is 16.1 Å². The third-order valence-corrected chi connectivity index (χ3v) is 4.08. The summed E-state index contributed by atoms with van der Waals surface area (Å²) in [5, 5.41) is 12.2. The van der Waals surface area contributed by atoms with Crippen LogP contribution in [0.2, 0.25) is 0 Å². The maximum atomic E-state index is 12.2. The van der Waals surface area contributed by atoms with E-state index in [0.29, 0.717) is 32.7 Å². The fourth-order valence-electron chi connectivity index (χ4n) is 2.67. The van der Waals surface area contributed by atoms with Crippen molar-refractivity contribution in [3.63, 3.8) is 0 Å². The molecule has 2 fully saturated rings. The summed E-state index contributed by atoms with van der Waals surface area (Å²) in [5.74, 6) is -0.581. The zero-order chi connectivity index (χ0) is 16.4. The topological polar surface area (TPSA) is 121 Å². The average molecular weight is 322 g/mol. The van der Waals surface area contributed by atoms with Gasteiger partial charge < -0.3 is 10.2 Å². The highest BCUT2D eigenvalue weighted by atomic mass is 16.6. The number of piperazine rings is 1. The smallest absolute Gasteiger partial charge is 0.322 e. The SMILES string of the molecule is Cc1nonc1CN1CCN(C(=O)CC2NC(=O)NC2=O)CC1. The first kappa shape index (κ1) is 15.4. The van der Waals surface area contributed by atoms with Crippen LogP contribution in [0.3, 0.4) is 0 Å². The first-order valence-corrected chi connectivity index (χ1v) is 7.42. The van der Waals surface area contributed by atoms with Gasteiger partial charge in [0.1, 0.15) is 17.4 Å². The van der Waals surface area contributed by atoms with Crippen molar-refractivity contribution in [1.82, 2.24) is 30.7 Å². The normalized spacial score (nSPS) is 22.1. The van der Waals surface area contributed by atoms with Gasteiger partial charge in [-0.05, 0) is 6.92 Å². The van der Waals surface area contributed by atoms with Crippen LogP contribution >= 0.6 is 0 Å². The molecule has 1 atom stereocenters. The van der Waals surface area contributed by atoms with Crippen molar-refractivity contribution in [3.05, 3.63) is 11.4 Å². The predicted molar refractivity (Wildman–Crippen MR) is 76.0 cm³/mol. The van der Waals surface area contributed by atoms with Crippen molar-refractivity contribution >= 4 is 17.8 Å². The molecule has 3 rings (SSSR count). The molecule has 4 amide bonds. The summed E-state index contributed by atoms with van der Waals surface area (Å²) in [4.78, 5) is 38.6. The van der Waals surface area contributed by atoms with E-state index < -0.39 is 18.0 Å². The van der Waals surface area contributed by atoms with Gasteiger partial charge in [0, 0.05) is 32.7 Å². The Morgan fingerprint density at radius 2 is 2.00 bits per heavy atom. The molecule has 124 valence electrons. The summed E-state index contributed by atoms with van der Waals surface area (Å²) >= 11 is 0. The molecule has 3 heterocycles. The Labute approximate surface area is 132 Å². The minimum Gasteiger partial charge on any atom is -0.340 e. The van der Waals surface area contributed by atoms with Gasteiger partial charge in [-0.1, -0.05) is 10.3 Å². The van der Waals surface area contributed by atoms with Crippen LogP contribution in [0.4, 0.5) is 4.79 Å². The molecule has 0 radical (unpaired) electrons. The Balaban J connectivity index is 1.47. The monoisotopic (exact) mass is 322 g/mol. The van der Waals surface area contributed by atoms with Gasteiger partial charge in [-0.3, -0.25) is 19.8 Å². The molecule has 1 aromatic rings. The van der Waals surface area contributed by atoms with E-state index >= 15 is 0 Å². The molecule has 1 unspecified atom stereocenters. The molecule has 10 heteroatoms. The van der Waals surface area contributed by atoms with Crippen molar-refractivity contribution in [1.29, 1.82) is 0 Å². The van der Waals surface area contributed by atoms with Gasteiger partial charge in [-0.25, -0.2) is 9.42 Å². The highest BCUT2D eigenvalue weighted by Crippen LogP contribution is 2.11. The Hall–Kier alpha value is -2.49. The van der Waals surface area contributed by atoms with E-state index in [9.17, 15) is 14.4 Å². The number of amides is 4. The Morgan fingerprint density at radius 3 is 2.57 bits per heavy atom. The molecule has 0 aliphatic carbocycles. The van der Waals surface area contributed by atoms with Crippen molar-refractivity contribution in [2.24, 2.45) is 0 Å². The van der Waals surface area contributed by atoms with Crippen LogP contribution in [-0.4, -0.2) is 70.2 Å². The van der Waals surface area contributed by atoms with E-state index in [-0.39, 0.29) is 12.3 Å². The molecule has 2 N–H and O–H groups in total. The summed E-state index contributed by atoms with van der Waals surface area (Å²) in [6.45, 7) is 5.05. The van der Waals surface area contributed by atoms with E-state index in [2.05, 4.69) is 30.5 Å². The van der Waals surface area contributed by atoms with Crippen LogP contribution in [0, 0.1) is 6.92 Å². The third-order valence-electron chi connectivity index (χ3n) is 4.08. The number of aryl methyl sites for hydroxylation is 1. The predicted octanol–water partition coefficient (Wildman–Crippen LogP) is -1.38. The third kappa shape index (κ3) is 3.47. The maximum Gasteiger partial charge on any atom is 0.322 e. The minimum absolute atomic E-state index is 0.0100. The number of nitrogens with one attached hydrogen (secondary N) is 2. The lowest BCUT2D eigenvalue weighted by molar-refractivity contribution is -0.135. The molecule has 2 saturated heterocycles. The Morgan fingerprint density at radius 1 is 1.26 bits per heavy atom. The molecule has 1 aromatic heterocycles. The van der Waals surface area contributed by atoms with E-state index in [4.69, 9.17) is 0 Å². The number of urea groups is 1. The van der Waals surface area contributed by atoms with E-state index in [1.165, 1.54) is 0 Å². The first-order chi connectivity index (χ1) is 11.0. The summed E-state index contributed by atoms with van der Waals surface area (Å²) < 4.78 is 4.68. The van der Waals surface area contributed by atoms with Gasteiger partial charge in [0.05, 0.1) is 6.42 Å². The molecule has 2 aliphatic heterocycles. The number of hydrogen-bond acceptors (Lipinski definition) is 7. The zero-order valence-electron chi connectivity index (χ0n) is 12.7. The van der Waals surface area contributed by atoms with Gasteiger partial charge in [-0.15, -0.1) is 0 Å². The number of imide groups is 1. The van der Waals surface area contributed by atoms with Crippen LogP contribution in [0.15, 0.2) is 4.63 Å². The fraction of sp³-hybridized carbons (Fsp3) is 0.615. The highest BCUT2D eigenvalue weighted by Gasteiger charge is 2.33. The molecule has 0 saturated carbocycles. The average Bonchev–Trinajstić information content (AvgIpc) is 3.05. The van der Waals surface area contributed by atoms with Gasteiger partial charge in [0.25, 0.3) is 5.91 Å². The summed E-state index contributed by atoms with van der Waals surface area (Å²) in [6.07, 6.45) is -0.0100. The number of hydrogen-bond donors (Lipinski definition) is 2. The lowest BCUT2D eigenvalue weighted by atomic mass is 10.1. The molecule has 10 nitrogen and oxygen atoms in total. The summed E-state index contributed by atoms with van der Waals surface area (Å²) in [7, 11) is 0. The summed E-state index contributed by atoms with van der Waals surface area (Å²) in [6, 6.07) is -1.31. The molecule has 0 aromatic carbocycles. The molecule has 0 bridgehead atoms. The summed E-state index contributed by atoms with van der Waals surface area (Å²) in [5.41, 5.74) is 1.57. The van der Waals surface area contributed by atoms with E-state index in [1.807, 2.05) is 6.92 Å². The molecule has 2 aliphatic rings. The second-order valence-corrected chi connectivity index (χ2v) is 5.67. The van der Waals surface area contributed by atoms with E-state index in [1.54, 1.807) is 4.90 Å². The number of nitrogens with zero attached hydrogens (tertiary/aromatic N) is 4. The molecule has 23 heavy (non-hydrogen) atoms. The second kappa shape index (κ2) is 6.32. The molecular weight excluding hydrogens is 304 g/mol. The number of carbonyl (C=O) groups is 3. The second-order valence-electron chi connectivity index (χ2n) is 5.67. The number of carbonyl (C=O) groups excluding carboxylic acids is 3. The van der Waals surface area contributed by atoms with Gasteiger partial charge in [-0.2, -0.15) is 0 Å². The first-order valence-electron chi connectivity index (χ1n) is 7.42. The Bertz CT molecular complexity index is 622. The number of aromatic nitrogens is 2. The van der Waals surface area contributed by atoms with Crippen molar-refractivity contribution in [3.8, 4) is 0 Å². The fourth-order valence-corrected chi connectivity index (χ4v) is 2.67. The Kier molecular flexibility index (Phi) is 4.24. The standard InChI is InChI=1S/C13H18N6O4/c1-8-10(17-23-16-8)7-18-2-4-19(5-3-18)11(20)6-9-12(21)15-13(22)14-9/h9H,2-7H2,1H3,(H2,14,15,21,22). The largest absolute Gasteiger partial charge is 0.340 e. The quantitative estimate of drug-likeness (QED) is 0.655. The van der Waals surface area contributed by atoms with Crippen LogP contribution < -0.4 is 10.6 Å². The van der Waals surface area contributed by atoms with Crippen LogP contribution in [0.5, 0.6) is 0 Å². The lowest BCUT2D eigenvalue weighted by Crippen LogP contribution is -2.49. The zero-order valence-corrected chi connectivity index (χ0v) is 12.7. The van der Waals surface area contributed by atoms with Crippen molar-refractivity contribution in [2.45, 2.75) is 25.9 Å². The van der Waals surface area contributed by atoms with Crippen LogP contribution in [0.1, 0.15) is 17.8 Å². The molecular formula is C13H18N6O4. The number of rotatable bonds is 4. The lowest BCUT2D eigenvalue weighted by Gasteiger charge is -2.34. The minimum atomic E-state index is -0.767. The van der Waals surface area contributed by atoms with E-state index in [0.717, 1.165) is 11.4 Å². The van der Waals surface area contributed by atoms with Gasteiger partial charge >= 0.3 is 6.03 Å². The van der Waals surface area contributed by atoms with Crippen molar-refractivity contribution < 1.29 is 19.0 Å². The highest BCUT2D eigenvalue weighted by molar-refractivity contribution is 6.05. The molecule has 0 spiro atoms. The van der Waals surface area contributed by atoms with Gasteiger partial charge in [0.2, 0.25) is 5.91 Å². The maximum absolute atomic E-state index is 12.2. The van der Waals surface area contributed by atoms with Crippen molar-refractivity contribution in [2.75, 3.05) is 26.2 Å². The van der Waals surface area contributed by atoms with Gasteiger partial charge in [0.15, 0.2) is 0 Å².